The first-order valence-electron chi connectivity index (χ1n) is 8.05. The SMILES string of the molecule is CC(=O)Nc1ccc(C(=O)COC(=O)Cc2csc(-c3ccsc3)n2)cc1. The standard InChI is InChI=1S/C19H16N2O4S2/c1-12(22)20-15-4-2-13(3-5-15)17(23)9-25-18(24)8-16-11-27-19(21-16)14-6-7-26-10-14/h2-7,10-11H,8-9H2,1H3,(H,20,22). The molecule has 27 heavy (non-hydrogen) atoms. The maximum Gasteiger partial charge on any atom is 0.312 e. The van der Waals surface area contributed by atoms with Gasteiger partial charge in [-0.15, -0.1) is 11.3 Å². The zero-order valence-corrected chi connectivity index (χ0v) is 16.1. The van der Waals surface area contributed by atoms with E-state index in [1.54, 1.807) is 35.6 Å². The van der Waals surface area contributed by atoms with E-state index in [0.29, 0.717) is 16.9 Å². The summed E-state index contributed by atoms with van der Waals surface area (Å²) in [6.45, 7) is 1.07. The fourth-order valence-electron chi connectivity index (χ4n) is 2.28. The van der Waals surface area contributed by atoms with E-state index in [1.165, 1.54) is 18.3 Å². The normalized spacial score (nSPS) is 10.4. The summed E-state index contributed by atoms with van der Waals surface area (Å²) in [5.41, 5.74) is 2.66. The molecule has 0 atom stereocenters. The van der Waals surface area contributed by atoms with Gasteiger partial charge in [-0.3, -0.25) is 14.4 Å². The Morgan fingerprint density at radius 2 is 1.89 bits per heavy atom. The van der Waals surface area contributed by atoms with E-state index in [4.69, 9.17) is 4.74 Å². The highest BCUT2D eigenvalue weighted by atomic mass is 32.1. The molecule has 0 aliphatic rings. The Morgan fingerprint density at radius 3 is 2.56 bits per heavy atom. The third-order valence-electron chi connectivity index (χ3n) is 3.54. The van der Waals surface area contributed by atoms with Gasteiger partial charge in [0.1, 0.15) is 5.01 Å². The number of ketones is 1. The van der Waals surface area contributed by atoms with Crippen molar-refractivity contribution in [2.75, 3.05) is 11.9 Å². The highest BCUT2D eigenvalue weighted by Crippen LogP contribution is 2.25. The molecule has 3 rings (SSSR count). The van der Waals surface area contributed by atoms with E-state index in [-0.39, 0.29) is 24.7 Å². The van der Waals surface area contributed by atoms with Crippen LogP contribution in [0.1, 0.15) is 23.0 Å². The molecule has 0 radical (unpaired) electrons. The van der Waals surface area contributed by atoms with Gasteiger partial charge in [-0.05, 0) is 35.7 Å². The summed E-state index contributed by atoms with van der Waals surface area (Å²) in [5.74, 6) is -0.998. The van der Waals surface area contributed by atoms with Gasteiger partial charge in [0.2, 0.25) is 5.91 Å². The molecule has 0 saturated heterocycles. The molecular formula is C19H16N2O4S2. The van der Waals surface area contributed by atoms with Gasteiger partial charge in [0.25, 0.3) is 0 Å². The van der Waals surface area contributed by atoms with Crippen LogP contribution in [-0.4, -0.2) is 29.3 Å². The number of hydrogen-bond acceptors (Lipinski definition) is 7. The number of aromatic nitrogens is 1. The average molecular weight is 400 g/mol. The number of anilines is 1. The van der Waals surface area contributed by atoms with Crippen molar-refractivity contribution < 1.29 is 19.1 Å². The predicted molar refractivity (Wildman–Crippen MR) is 105 cm³/mol. The molecule has 0 bridgehead atoms. The van der Waals surface area contributed by atoms with E-state index in [2.05, 4.69) is 10.3 Å². The zero-order chi connectivity index (χ0) is 19.2. The fourth-order valence-corrected chi connectivity index (χ4v) is 3.81. The van der Waals surface area contributed by atoms with Gasteiger partial charge in [0, 0.05) is 34.5 Å². The number of ether oxygens (including phenoxy) is 1. The molecule has 6 nitrogen and oxygen atoms in total. The number of amides is 1. The number of nitrogens with zero attached hydrogens (tertiary/aromatic N) is 1. The summed E-state index contributed by atoms with van der Waals surface area (Å²) in [6.07, 6.45) is 0.0232. The molecular weight excluding hydrogens is 384 g/mol. The topological polar surface area (TPSA) is 85.4 Å². The number of esters is 1. The van der Waals surface area contributed by atoms with Crippen molar-refractivity contribution in [1.82, 2.24) is 4.98 Å². The Hall–Kier alpha value is -2.84. The lowest BCUT2D eigenvalue weighted by atomic mass is 10.1. The number of thiophene rings is 1. The Labute approximate surface area is 163 Å². The second-order valence-electron chi connectivity index (χ2n) is 5.68. The lowest BCUT2D eigenvalue weighted by Crippen LogP contribution is -2.16. The van der Waals surface area contributed by atoms with Gasteiger partial charge in [-0.1, -0.05) is 0 Å². The Kier molecular flexibility index (Phi) is 6.10. The molecule has 0 aliphatic heterocycles. The Morgan fingerprint density at radius 1 is 1.11 bits per heavy atom. The summed E-state index contributed by atoms with van der Waals surface area (Å²) in [4.78, 5) is 39.5. The highest BCUT2D eigenvalue weighted by Gasteiger charge is 2.13. The number of carbonyl (C=O) groups is 3. The summed E-state index contributed by atoms with van der Waals surface area (Å²) in [5, 5.41) is 9.26. The van der Waals surface area contributed by atoms with Gasteiger partial charge in [0.05, 0.1) is 12.1 Å². The fraction of sp³-hybridized carbons (Fsp3) is 0.158. The van der Waals surface area contributed by atoms with Crippen LogP contribution < -0.4 is 5.32 Å². The van der Waals surface area contributed by atoms with Crippen LogP contribution in [0.2, 0.25) is 0 Å². The van der Waals surface area contributed by atoms with Crippen molar-refractivity contribution >= 4 is 46.0 Å². The van der Waals surface area contributed by atoms with Crippen molar-refractivity contribution in [2.24, 2.45) is 0 Å². The molecule has 1 amide bonds. The minimum absolute atomic E-state index is 0.0232. The molecule has 3 aromatic rings. The van der Waals surface area contributed by atoms with Crippen LogP contribution in [0, 0.1) is 0 Å². The molecule has 138 valence electrons. The summed E-state index contributed by atoms with van der Waals surface area (Å²) in [6, 6.07) is 8.38. The Balaban J connectivity index is 1.50. The van der Waals surface area contributed by atoms with Gasteiger partial charge in [-0.25, -0.2) is 4.98 Å². The van der Waals surface area contributed by atoms with Crippen LogP contribution >= 0.6 is 22.7 Å². The number of carbonyl (C=O) groups excluding carboxylic acids is 3. The number of Topliss-reactive ketones (excluding diaryl/α,β-unsaturated/α-hetero) is 1. The third-order valence-corrected chi connectivity index (χ3v) is 5.16. The number of hydrogen-bond donors (Lipinski definition) is 1. The number of rotatable bonds is 7. The quantitative estimate of drug-likeness (QED) is 0.482. The van der Waals surface area contributed by atoms with E-state index < -0.39 is 5.97 Å². The molecule has 2 aromatic heterocycles. The molecule has 0 unspecified atom stereocenters. The van der Waals surface area contributed by atoms with E-state index >= 15 is 0 Å². The minimum Gasteiger partial charge on any atom is -0.457 e. The first kappa shape index (κ1) is 18.9. The molecule has 0 spiro atoms. The molecule has 0 fully saturated rings. The largest absolute Gasteiger partial charge is 0.457 e. The van der Waals surface area contributed by atoms with Crippen molar-refractivity contribution in [1.29, 1.82) is 0 Å². The maximum atomic E-state index is 12.1. The van der Waals surface area contributed by atoms with Gasteiger partial charge < -0.3 is 10.1 Å². The number of benzene rings is 1. The average Bonchev–Trinajstić information content (AvgIpc) is 3.31. The minimum atomic E-state index is -0.500. The van der Waals surface area contributed by atoms with Crippen LogP contribution in [0.3, 0.4) is 0 Å². The van der Waals surface area contributed by atoms with Crippen LogP contribution in [0.25, 0.3) is 10.6 Å². The number of thiazole rings is 1. The van der Waals surface area contributed by atoms with Gasteiger partial charge >= 0.3 is 5.97 Å². The van der Waals surface area contributed by atoms with Crippen molar-refractivity contribution in [2.45, 2.75) is 13.3 Å². The maximum absolute atomic E-state index is 12.1. The van der Waals surface area contributed by atoms with Gasteiger partial charge in [0.15, 0.2) is 12.4 Å². The predicted octanol–water partition coefficient (Wildman–Crippen LogP) is 3.80. The molecule has 2 heterocycles. The number of nitrogens with one attached hydrogen (secondary N) is 1. The molecule has 1 N–H and O–H groups in total. The molecule has 1 aromatic carbocycles. The van der Waals surface area contributed by atoms with Gasteiger partial charge in [-0.2, -0.15) is 11.3 Å². The van der Waals surface area contributed by atoms with Crippen LogP contribution in [0.5, 0.6) is 0 Å². The summed E-state index contributed by atoms with van der Waals surface area (Å²) in [7, 11) is 0. The molecule has 0 aliphatic carbocycles. The lowest BCUT2D eigenvalue weighted by molar-refractivity contribution is -0.141. The Bertz CT molecular complexity index is 947. The van der Waals surface area contributed by atoms with Crippen molar-refractivity contribution in [3.63, 3.8) is 0 Å². The summed E-state index contributed by atoms with van der Waals surface area (Å²) < 4.78 is 5.07. The van der Waals surface area contributed by atoms with Crippen molar-refractivity contribution in [3.05, 3.63) is 57.7 Å². The highest BCUT2D eigenvalue weighted by molar-refractivity contribution is 7.14. The lowest BCUT2D eigenvalue weighted by Gasteiger charge is -2.05. The molecule has 0 saturated carbocycles. The van der Waals surface area contributed by atoms with Crippen LogP contribution in [0.4, 0.5) is 5.69 Å². The second kappa shape index (κ2) is 8.70. The first-order valence-corrected chi connectivity index (χ1v) is 9.87. The van der Waals surface area contributed by atoms with Crippen LogP contribution in [0.15, 0.2) is 46.5 Å². The van der Waals surface area contributed by atoms with E-state index in [1.807, 2.05) is 22.2 Å². The van der Waals surface area contributed by atoms with Crippen molar-refractivity contribution in [3.8, 4) is 10.6 Å². The van der Waals surface area contributed by atoms with E-state index in [0.717, 1.165) is 10.6 Å². The summed E-state index contributed by atoms with van der Waals surface area (Å²) >= 11 is 3.05. The third kappa shape index (κ3) is 5.32. The van der Waals surface area contributed by atoms with Crippen LogP contribution in [-0.2, 0) is 20.7 Å². The first-order chi connectivity index (χ1) is 13.0. The van der Waals surface area contributed by atoms with E-state index in [9.17, 15) is 14.4 Å². The second-order valence-corrected chi connectivity index (χ2v) is 7.31. The zero-order valence-electron chi connectivity index (χ0n) is 14.4. The monoisotopic (exact) mass is 400 g/mol. The molecule has 8 heteroatoms. The smallest absolute Gasteiger partial charge is 0.312 e.